The number of nitrogens with one attached hydrogen (secondary N) is 1. The first-order valence-corrected chi connectivity index (χ1v) is 7.29. The quantitative estimate of drug-likeness (QED) is 0.478. The average molecular weight is 308 g/mol. The number of carbonyl (C=O) groups excluding carboxylic acids is 2. The van der Waals surface area contributed by atoms with Gasteiger partial charge >= 0.3 is 11.9 Å². The second kappa shape index (κ2) is 6.39. The van der Waals surface area contributed by atoms with E-state index in [1.807, 2.05) is 6.07 Å². The van der Waals surface area contributed by atoms with Crippen LogP contribution in [-0.4, -0.2) is 29.2 Å². The SMILES string of the molecule is CC(C)(C)OC(=O)/C(C#N)=C1/CCC(C(=O)OC(C)(C)C)N1. The number of nitriles is 1. The lowest BCUT2D eigenvalue weighted by molar-refractivity contribution is -0.157. The normalized spacial score (nSPS) is 20.7. The molecule has 1 fully saturated rings. The van der Waals surface area contributed by atoms with Crippen LogP contribution in [-0.2, 0) is 19.1 Å². The monoisotopic (exact) mass is 308 g/mol. The Morgan fingerprint density at radius 1 is 1.14 bits per heavy atom. The minimum absolute atomic E-state index is 0.0824. The van der Waals surface area contributed by atoms with E-state index in [4.69, 9.17) is 9.47 Å². The van der Waals surface area contributed by atoms with Crippen LogP contribution in [0.15, 0.2) is 11.3 Å². The van der Waals surface area contributed by atoms with Crippen LogP contribution in [0.5, 0.6) is 0 Å². The highest BCUT2D eigenvalue weighted by Crippen LogP contribution is 2.23. The van der Waals surface area contributed by atoms with Crippen molar-refractivity contribution in [2.45, 2.75) is 71.6 Å². The van der Waals surface area contributed by atoms with E-state index >= 15 is 0 Å². The van der Waals surface area contributed by atoms with E-state index in [0.717, 1.165) is 0 Å². The number of hydrogen-bond acceptors (Lipinski definition) is 6. The van der Waals surface area contributed by atoms with E-state index in [1.54, 1.807) is 41.5 Å². The van der Waals surface area contributed by atoms with Crippen molar-refractivity contribution in [1.82, 2.24) is 5.32 Å². The first kappa shape index (κ1) is 18.0. The molecule has 0 spiro atoms. The average Bonchev–Trinajstić information content (AvgIpc) is 2.74. The van der Waals surface area contributed by atoms with Gasteiger partial charge in [0.2, 0.25) is 0 Å². The topological polar surface area (TPSA) is 88.4 Å². The predicted octanol–water partition coefficient (Wildman–Crippen LogP) is 2.20. The number of hydrogen-bond donors (Lipinski definition) is 1. The molecule has 1 saturated heterocycles. The molecule has 0 radical (unpaired) electrons. The van der Waals surface area contributed by atoms with Crippen LogP contribution >= 0.6 is 0 Å². The molecular weight excluding hydrogens is 284 g/mol. The molecule has 122 valence electrons. The molecule has 1 aliphatic rings. The fourth-order valence-electron chi connectivity index (χ4n) is 1.96. The molecule has 0 bridgehead atoms. The summed E-state index contributed by atoms with van der Waals surface area (Å²) >= 11 is 0. The van der Waals surface area contributed by atoms with Gasteiger partial charge in [0.25, 0.3) is 0 Å². The zero-order valence-corrected chi connectivity index (χ0v) is 14.1. The van der Waals surface area contributed by atoms with Crippen LogP contribution in [0.4, 0.5) is 0 Å². The van der Waals surface area contributed by atoms with Crippen molar-refractivity contribution < 1.29 is 19.1 Å². The van der Waals surface area contributed by atoms with Gasteiger partial charge in [0, 0.05) is 5.70 Å². The summed E-state index contributed by atoms with van der Waals surface area (Å²) in [5.74, 6) is -1.06. The molecule has 1 aliphatic heterocycles. The van der Waals surface area contributed by atoms with E-state index in [2.05, 4.69) is 5.32 Å². The van der Waals surface area contributed by atoms with E-state index in [0.29, 0.717) is 18.5 Å². The minimum atomic E-state index is -0.678. The molecule has 0 aromatic carbocycles. The van der Waals surface area contributed by atoms with Gasteiger partial charge in [-0.25, -0.2) is 9.59 Å². The summed E-state index contributed by atoms with van der Waals surface area (Å²) in [5.41, 5.74) is -0.897. The molecule has 0 aromatic heterocycles. The molecule has 1 N–H and O–H groups in total. The van der Waals surface area contributed by atoms with E-state index in [-0.39, 0.29) is 11.5 Å². The van der Waals surface area contributed by atoms with Gasteiger partial charge in [0.15, 0.2) is 5.57 Å². The Balaban J connectivity index is 2.83. The zero-order chi connectivity index (χ0) is 17.1. The summed E-state index contributed by atoms with van der Waals surface area (Å²) in [6.07, 6.45) is 0.921. The van der Waals surface area contributed by atoms with E-state index in [9.17, 15) is 14.9 Å². The number of allylic oxidation sites excluding steroid dienone is 1. The number of nitrogens with zero attached hydrogens (tertiary/aromatic N) is 1. The summed E-state index contributed by atoms with van der Waals surface area (Å²) in [4.78, 5) is 24.0. The maximum Gasteiger partial charge on any atom is 0.351 e. The standard InChI is InChI=1S/C16H24N2O4/c1-15(2,3)21-13(19)10(9-17)11-7-8-12(18-11)14(20)22-16(4,5)6/h12,18H,7-8H2,1-6H3/b11-10-. The molecule has 1 unspecified atom stereocenters. The van der Waals surface area contributed by atoms with Crippen LogP contribution in [0, 0.1) is 11.3 Å². The van der Waals surface area contributed by atoms with Crippen molar-refractivity contribution in [2.24, 2.45) is 0 Å². The van der Waals surface area contributed by atoms with Crippen LogP contribution in [0.2, 0.25) is 0 Å². The van der Waals surface area contributed by atoms with Crippen molar-refractivity contribution >= 4 is 11.9 Å². The fraction of sp³-hybridized carbons (Fsp3) is 0.688. The third-order valence-electron chi connectivity index (χ3n) is 2.74. The highest BCUT2D eigenvalue weighted by atomic mass is 16.6. The first-order valence-electron chi connectivity index (χ1n) is 7.29. The molecule has 6 nitrogen and oxygen atoms in total. The van der Waals surface area contributed by atoms with Gasteiger partial charge in [0.05, 0.1) is 0 Å². The zero-order valence-electron chi connectivity index (χ0n) is 14.1. The van der Waals surface area contributed by atoms with Crippen molar-refractivity contribution in [1.29, 1.82) is 5.26 Å². The van der Waals surface area contributed by atoms with Crippen molar-refractivity contribution in [3.63, 3.8) is 0 Å². The maximum atomic E-state index is 12.0. The van der Waals surface area contributed by atoms with Gasteiger partial charge in [-0.3, -0.25) is 0 Å². The Morgan fingerprint density at radius 3 is 2.14 bits per heavy atom. The van der Waals surface area contributed by atoms with Gasteiger partial charge < -0.3 is 14.8 Å². The lowest BCUT2D eigenvalue weighted by atomic mass is 10.1. The Bertz CT molecular complexity index is 530. The summed E-state index contributed by atoms with van der Waals surface area (Å²) in [6.45, 7) is 10.6. The van der Waals surface area contributed by atoms with E-state index < -0.39 is 23.2 Å². The smallest absolute Gasteiger partial charge is 0.351 e. The number of carbonyl (C=O) groups is 2. The second-order valence-corrected chi connectivity index (χ2v) is 7.24. The summed E-state index contributed by atoms with van der Waals surface area (Å²) in [7, 11) is 0. The molecule has 6 heteroatoms. The van der Waals surface area contributed by atoms with Gasteiger partial charge in [-0.05, 0) is 54.4 Å². The van der Waals surface area contributed by atoms with Crippen molar-refractivity contribution in [3.05, 3.63) is 11.3 Å². The van der Waals surface area contributed by atoms with Gasteiger partial charge in [-0.1, -0.05) is 0 Å². The van der Waals surface area contributed by atoms with E-state index in [1.165, 1.54) is 0 Å². The predicted molar refractivity (Wildman–Crippen MR) is 80.5 cm³/mol. The Morgan fingerprint density at radius 2 is 1.68 bits per heavy atom. The Kier molecular flexibility index (Phi) is 5.23. The van der Waals surface area contributed by atoms with Crippen LogP contribution in [0.3, 0.4) is 0 Å². The van der Waals surface area contributed by atoms with Crippen molar-refractivity contribution in [3.8, 4) is 6.07 Å². The second-order valence-electron chi connectivity index (χ2n) is 7.24. The Hall–Kier alpha value is -2.03. The van der Waals surface area contributed by atoms with Gasteiger partial charge in [0.1, 0.15) is 23.3 Å². The lowest BCUT2D eigenvalue weighted by Gasteiger charge is -2.22. The molecule has 0 amide bonds. The van der Waals surface area contributed by atoms with Crippen LogP contribution in [0.25, 0.3) is 0 Å². The molecule has 0 aromatic rings. The number of esters is 2. The Labute approximate surface area is 131 Å². The van der Waals surface area contributed by atoms with Gasteiger partial charge in [-0.15, -0.1) is 0 Å². The first-order chi connectivity index (χ1) is 9.93. The molecule has 0 aliphatic carbocycles. The van der Waals surface area contributed by atoms with Crippen LogP contribution in [0.1, 0.15) is 54.4 Å². The van der Waals surface area contributed by atoms with Gasteiger partial charge in [-0.2, -0.15) is 5.26 Å². The highest BCUT2D eigenvalue weighted by molar-refractivity contribution is 5.94. The minimum Gasteiger partial charge on any atom is -0.458 e. The molecular formula is C16H24N2O4. The molecule has 22 heavy (non-hydrogen) atoms. The molecule has 1 atom stereocenters. The third-order valence-corrected chi connectivity index (χ3v) is 2.74. The fourth-order valence-corrected chi connectivity index (χ4v) is 1.96. The maximum absolute atomic E-state index is 12.0. The largest absolute Gasteiger partial charge is 0.458 e. The third kappa shape index (κ3) is 5.40. The molecule has 0 saturated carbocycles. The molecule has 1 heterocycles. The summed E-state index contributed by atoms with van der Waals surface area (Å²) < 4.78 is 10.5. The van der Waals surface area contributed by atoms with Crippen molar-refractivity contribution in [2.75, 3.05) is 0 Å². The summed E-state index contributed by atoms with van der Waals surface area (Å²) in [6, 6.07) is 1.32. The number of ether oxygens (including phenoxy) is 2. The molecule has 1 rings (SSSR count). The number of rotatable bonds is 2. The van der Waals surface area contributed by atoms with Crippen LogP contribution < -0.4 is 5.32 Å². The highest BCUT2D eigenvalue weighted by Gasteiger charge is 2.33. The lowest BCUT2D eigenvalue weighted by Crippen LogP contribution is -2.37. The summed E-state index contributed by atoms with van der Waals surface area (Å²) in [5, 5.41) is 12.1.